The fourth-order valence-corrected chi connectivity index (χ4v) is 6.59. The molecule has 0 saturated carbocycles. The minimum absolute atomic E-state index is 0.110. The molecular formula is C38H62N34O2S2. The van der Waals surface area contributed by atoms with Crippen molar-refractivity contribution in [2.75, 3.05) is 184 Å². The minimum atomic E-state index is -0.962. The molecule has 408 valence electrons. The zero-order valence-electron chi connectivity index (χ0n) is 41.6. The van der Waals surface area contributed by atoms with E-state index >= 15 is 0 Å². The molecule has 0 aliphatic carbocycles. The lowest BCUT2D eigenvalue weighted by atomic mass is 10.4. The Morgan fingerprint density at radius 3 is 1.12 bits per heavy atom. The van der Waals surface area contributed by atoms with Gasteiger partial charge in [0.05, 0.1) is 6.42 Å². The van der Waals surface area contributed by atoms with Crippen LogP contribution in [0.1, 0.15) is 19.2 Å². The average molecular weight is 1090 g/mol. The maximum atomic E-state index is 11.1. The first-order valence-electron chi connectivity index (χ1n) is 23.7. The zero-order chi connectivity index (χ0) is 53.7. The molecule has 6 aromatic heterocycles. The summed E-state index contributed by atoms with van der Waals surface area (Å²) in [7, 11) is 0. The van der Waals surface area contributed by atoms with Crippen molar-refractivity contribution in [1.29, 1.82) is 0 Å². The Balaban J connectivity index is 0.939. The molecule has 36 nitrogen and oxygen atoms in total. The molecule has 0 fully saturated rings. The average Bonchev–Trinajstić information content (AvgIpc) is 3.39. The lowest BCUT2D eigenvalue weighted by Crippen LogP contribution is -2.22. The molecule has 0 atom stereocenters. The topological polar surface area (TPSA) is 504 Å². The van der Waals surface area contributed by atoms with Crippen molar-refractivity contribution in [1.82, 2.24) is 89.7 Å². The van der Waals surface area contributed by atoms with Crippen LogP contribution in [0.4, 0.5) is 89.2 Å². The smallest absolute Gasteiger partial charge is 0.305 e. The van der Waals surface area contributed by atoms with Gasteiger partial charge in [-0.3, -0.25) is 4.79 Å². The quantitative estimate of drug-likeness (QED) is 0.0121. The molecule has 0 bridgehead atoms. The van der Waals surface area contributed by atoms with Gasteiger partial charge in [-0.15, -0.1) is 0 Å². The second-order valence-electron chi connectivity index (χ2n) is 15.1. The molecule has 0 aromatic carbocycles. The summed E-state index contributed by atoms with van der Waals surface area (Å²) >= 11 is 5.77. The van der Waals surface area contributed by atoms with Gasteiger partial charge in [0.15, 0.2) is 5.16 Å². The van der Waals surface area contributed by atoms with Gasteiger partial charge in [-0.1, -0.05) is 18.7 Å². The Hall–Kier alpha value is -8.81. The van der Waals surface area contributed by atoms with E-state index in [0.717, 1.165) is 5.75 Å². The molecular weight excluding hydrogens is 1030 g/mol. The third-order valence-corrected chi connectivity index (χ3v) is 10.0. The van der Waals surface area contributed by atoms with Crippen molar-refractivity contribution in [3.05, 3.63) is 12.2 Å². The standard InChI is InChI=1S/C38H62N34O2S2/c1-3-76-38-61-24(41)60-28(72-38)47-13-15-51-33-65-30(43-7-5-39)66-34(68-33)52-16-17-53-36-69-35(70-37(71-36)54-18-19-75)49-11-9-45-26-56-20-55-25(62-26)44-8-10-48-31-63-29(42-6-4-22(73)74)64-32(67-31)50-14-12-46-27-58-21(2)57-23(40)59-27/h20,75H,3-19,39H2,1-2H3,(H,73,74)(H3,40,46,57,58,59)(H3,41,47,60,61,72)(H2,44,45,55,56,62)(H3,42,48,50,63,64,67)(H3,43,51,52,65,66,68)(H3,49,53,54,69,70,71). The van der Waals surface area contributed by atoms with Gasteiger partial charge in [0.1, 0.15) is 12.2 Å². The molecule has 6 heterocycles. The van der Waals surface area contributed by atoms with Crippen molar-refractivity contribution in [2.45, 2.75) is 25.4 Å². The number of nitrogens with one attached hydrogen (secondary N) is 13. The lowest BCUT2D eigenvalue weighted by molar-refractivity contribution is -0.136. The highest BCUT2D eigenvalue weighted by atomic mass is 32.2. The number of nitrogens with zero attached hydrogens (tertiary/aromatic N) is 18. The monoisotopic (exact) mass is 1090 g/mol. The number of carbonyl (C=O) groups is 1. The van der Waals surface area contributed by atoms with Crippen LogP contribution in [0.2, 0.25) is 0 Å². The number of aromatic nitrogens is 18. The molecule has 0 radical (unpaired) electrons. The van der Waals surface area contributed by atoms with Crippen LogP contribution in [0.15, 0.2) is 11.5 Å². The second-order valence-corrected chi connectivity index (χ2v) is 16.7. The van der Waals surface area contributed by atoms with Crippen LogP contribution in [0.25, 0.3) is 0 Å². The normalized spacial score (nSPS) is 10.7. The Labute approximate surface area is 444 Å². The minimum Gasteiger partial charge on any atom is -0.481 e. The van der Waals surface area contributed by atoms with Crippen LogP contribution in [0.5, 0.6) is 0 Å². The van der Waals surface area contributed by atoms with E-state index in [2.05, 4.69) is 171 Å². The van der Waals surface area contributed by atoms with Crippen molar-refractivity contribution in [3.63, 3.8) is 0 Å². The van der Waals surface area contributed by atoms with Crippen molar-refractivity contribution < 1.29 is 9.90 Å². The van der Waals surface area contributed by atoms with Gasteiger partial charge >= 0.3 is 5.97 Å². The highest BCUT2D eigenvalue weighted by molar-refractivity contribution is 7.99. The van der Waals surface area contributed by atoms with Crippen LogP contribution < -0.4 is 86.3 Å². The molecule has 6 rings (SSSR count). The molecule has 0 aliphatic heterocycles. The van der Waals surface area contributed by atoms with E-state index in [9.17, 15) is 4.79 Å². The van der Waals surface area contributed by atoms with E-state index in [1.807, 2.05) is 6.92 Å². The predicted molar refractivity (Wildman–Crippen MR) is 294 cm³/mol. The molecule has 0 aliphatic rings. The molecule has 76 heavy (non-hydrogen) atoms. The first-order valence-corrected chi connectivity index (χ1v) is 25.4. The number of thiol groups is 1. The first-order chi connectivity index (χ1) is 37.0. The second kappa shape index (κ2) is 31.0. The summed E-state index contributed by atoms with van der Waals surface area (Å²) in [6.45, 7) is 9.20. The fraction of sp³-hybridized carbons (Fsp3) is 0.500. The molecule has 0 spiro atoms. The van der Waals surface area contributed by atoms with Crippen LogP contribution in [-0.4, -0.2) is 204 Å². The number of anilines is 15. The Morgan fingerprint density at radius 1 is 0.447 bits per heavy atom. The molecule has 0 saturated heterocycles. The van der Waals surface area contributed by atoms with Gasteiger partial charge in [0, 0.05) is 97.4 Å². The Morgan fingerprint density at radius 2 is 0.763 bits per heavy atom. The van der Waals surface area contributed by atoms with Crippen molar-refractivity contribution >= 4 is 120 Å². The summed E-state index contributed by atoms with van der Waals surface area (Å²) in [5.41, 5.74) is 17.3. The zero-order valence-corrected chi connectivity index (χ0v) is 43.3. The number of carboxylic acids is 1. The number of rotatable bonds is 37. The molecule has 20 N–H and O–H groups in total. The molecule has 6 aromatic rings. The highest BCUT2D eigenvalue weighted by Crippen LogP contribution is 2.16. The SMILES string of the molecule is CCSc1nc(N)nc(NCCNc2nc(NCCN)nc(NCCNc3nc(NCCS)nc(NCCNc4ncnc(NCCNc5nc(NCCNc6nc(C)nc(N)n6)nc(NCCC(=O)O)n5)n4)n3)n2)n1. The van der Waals surface area contributed by atoms with Crippen LogP contribution >= 0.6 is 24.4 Å². The third kappa shape index (κ3) is 21.0. The van der Waals surface area contributed by atoms with Crippen LogP contribution in [0.3, 0.4) is 0 Å². The summed E-state index contributed by atoms with van der Waals surface area (Å²) in [5.74, 6) is 5.25. The van der Waals surface area contributed by atoms with E-state index in [0.29, 0.717) is 161 Å². The van der Waals surface area contributed by atoms with Gasteiger partial charge in [0.25, 0.3) is 0 Å². The summed E-state index contributed by atoms with van der Waals surface area (Å²) in [5, 5.41) is 50.3. The largest absolute Gasteiger partial charge is 0.481 e. The summed E-state index contributed by atoms with van der Waals surface area (Å²) < 4.78 is 0. The number of carboxylic acid groups (broad SMARTS) is 1. The molecule has 0 amide bonds. The Kier molecular flexibility index (Phi) is 23.1. The summed E-state index contributed by atoms with van der Waals surface area (Å²) in [4.78, 5) is 89.0. The molecule has 38 heteroatoms. The number of nitrogen functional groups attached to an aromatic ring is 2. The summed E-state index contributed by atoms with van der Waals surface area (Å²) in [6.07, 6.45) is 1.26. The molecule has 0 unspecified atom stereocenters. The summed E-state index contributed by atoms with van der Waals surface area (Å²) in [6, 6.07) is 0. The highest BCUT2D eigenvalue weighted by Gasteiger charge is 2.12. The van der Waals surface area contributed by atoms with Gasteiger partial charge < -0.3 is 91.4 Å². The van der Waals surface area contributed by atoms with Crippen molar-refractivity contribution in [3.8, 4) is 0 Å². The number of aliphatic carboxylic acids is 1. The van der Waals surface area contributed by atoms with E-state index in [1.54, 1.807) is 6.92 Å². The predicted octanol–water partition coefficient (Wildman–Crippen LogP) is -1.40. The maximum absolute atomic E-state index is 11.1. The first kappa shape index (κ1) is 56.5. The number of thioether (sulfide) groups is 1. The van der Waals surface area contributed by atoms with E-state index in [-0.39, 0.29) is 42.7 Å². The van der Waals surface area contributed by atoms with Crippen LogP contribution in [0, 0.1) is 6.92 Å². The lowest BCUT2D eigenvalue weighted by Gasteiger charge is -2.13. The number of nitrogens with two attached hydrogens (primary N) is 3. The van der Waals surface area contributed by atoms with Gasteiger partial charge in [-0.25, -0.2) is 9.97 Å². The van der Waals surface area contributed by atoms with Crippen LogP contribution in [-0.2, 0) is 4.79 Å². The number of hydrogen-bond donors (Lipinski definition) is 18. The van der Waals surface area contributed by atoms with E-state index in [1.165, 1.54) is 18.1 Å². The van der Waals surface area contributed by atoms with E-state index < -0.39 is 5.97 Å². The van der Waals surface area contributed by atoms with Gasteiger partial charge in [0.2, 0.25) is 89.2 Å². The Bertz CT molecular complexity index is 2710. The number of hydrogen-bond acceptors (Lipinski definition) is 37. The third-order valence-electron chi connectivity index (χ3n) is 9.05. The number of aryl methyl sites for hydroxylation is 1. The van der Waals surface area contributed by atoms with Gasteiger partial charge in [-0.2, -0.15) is 92.4 Å². The fourth-order valence-electron chi connectivity index (χ4n) is 5.91. The van der Waals surface area contributed by atoms with Crippen molar-refractivity contribution in [2.24, 2.45) is 5.73 Å². The van der Waals surface area contributed by atoms with E-state index in [4.69, 9.17) is 22.3 Å². The maximum Gasteiger partial charge on any atom is 0.305 e. The van der Waals surface area contributed by atoms with Gasteiger partial charge in [-0.05, 0) is 12.7 Å².